The van der Waals surface area contributed by atoms with Crippen LogP contribution < -0.4 is 20.4 Å². The van der Waals surface area contributed by atoms with Gasteiger partial charge in [-0.25, -0.2) is 0 Å². The Labute approximate surface area is 350 Å². The number of hydrogen-bond donors (Lipinski definition) is 0. The van der Waals surface area contributed by atoms with E-state index >= 15 is 0 Å². The van der Waals surface area contributed by atoms with E-state index in [2.05, 4.69) is 20.0 Å². The molecule has 0 radical (unpaired) electrons. The first-order chi connectivity index (χ1) is 25.5. The molecule has 4 aromatic rings. The Bertz CT molecular complexity index is 1430. The van der Waals surface area contributed by atoms with Gasteiger partial charge in [0.2, 0.25) is 0 Å². The number of benzene rings is 4. The fraction of sp³-hybridized carbons (Fsp3) is 0.364. The molecule has 10 heteroatoms. The molecule has 0 unspecified atom stereocenters. The van der Waals surface area contributed by atoms with E-state index in [9.17, 15) is 20.4 Å². The van der Waals surface area contributed by atoms with E-state index in [0.717, 1.165) is 38.5 Å². The van der Waals surface area contributed by atoms with Gasteiger partial charge in [-0.05, 0) is 60.8 Å². The summed E-state index contributed by atoms with van der Waals surface area (Å²) < 4.78 is 0. The summed E-state index contributed by atoms with van der Waals surface area (Å²) in [6, 6.07) is 27.5. The molecule has 1 aliphatic carbocycles. The van der Waals surface area contributed by atoms with E-state index in [1.807, 2.05) is 24.3 Å². The van der Waals surface area contributed by atoms with Gasteiger partial charge in [0, 0.05) is 51.0 Å². The quantitative estimate of drug-likeness (QED) is 0.0851. The predicted octanol–water partition coefficient (Wildman–Crippen LogP) is 7.42. The van der Waals surface area contributed by atoms with Crippen LogP contribution in [0.1, 0.15) is 99.3 Å². The summed E-state index contributed by atoms with van der Waals surface area (Å²) in [6.45, 7) is 2.84. The zero-order chi connectivity index (χ0) is 36.9. The smallest absolute Gasteiger partial charge is 0.872 e. The molecule has 0 aliphatic heterocycles. The van der Waals surface area contributed by atoms with Crippen molar-refractivity contribution < 1.29 is 62.6 Å². The van der Waals surface area contributed by atoms with Gasteiger partial charge < -0.3 is 20.4 Å². The Morgan fingerprint density at radius 1 is 0.333 bits per heavy atom. The second kappa shape index (κ2) is 31.5. The first-order valence-electron chi connectivity index (χ1n) is 18.6. The molecule has 0 bridgehead atoms. The Balaban J connectivity index is 0.000000452. The van der Waals surface area contributed by atoms with Crippen molar-refractivity contribution >= 4 is 24.9 Å². The Hall–Kier alpha value is -3.86. The van der Waals surface area contributed by atoms with Gasteiger partial charge in [0.05, 0.1) is 0 Å². The van der Waals surface area contributed by atoms with E-state index in [1.54, 1.807) is 97.7 Å². The van der Waals surface area contributed by atoms with E-state index in [4.69, 9.17) is 0 Å². The van der Waals surface area contributed by atoms with Crippen LogP contribution in [-0.2, 0) is 42.1 Å². The number of hydrogen-bond acceptors (Lipinski definition) is 8. The second-order valence-corrected chi connectivity index (χ2v) is 12.5. The van der Waals surface area contributed by atoms with Crippen molar-refractivity contribution in [2.45, 2.75) is 77.0 Å². The molecule has 0 atom stereocenters. The summed E-state index contributed by atoms with van der Waals surface area (Å²) in [5.41, 5.74) is 2.53. The third-order valence-electron chi connectivity index (χ3n) is 8.25. The largest absolute Gasteiger partial charge is 2.00 e. The average Bonchev–Trinajstić information content (AvgIpc) is 3.17. The molecular weight excluding hydrogens is 1040 g/mol. The van der Waals surface area contributed by atoms with Crippen LogP contribution in [0, 0.1) is 0 Å². The zero-order valence-electron chi connectivity index (χ0n) is 30.9. The number of nitrogens with zero attached hydrogens (tertiary/aromatic N) is 4. The minimum atomic E-state index is 0. The molecule has 0 amide bonds. The number of rotatable bonds is 16. The minimum absolute atomic E-state index is 0. The standard InChI is InChI=1S/2C19H22N2O2.C6H12.2Pt/c2*22-18-10-4-2-8-16(18)14-20-12-6-1-7-13-21-15-17-9-3-5-11-19(17)23;1-2-4-6-5-3-1;;/h2*2-5,8-11,14-15,22-23H,1,6-7,12-13H2;1-6H2;;/q;;;2*+2/p-4. The van der Waals surface area contributed by atoms with Crippen molar-refractivity contribution in [1.29, 1.82) is 0 Å². The van der Waals surface area contributed by atoms with Crippen LogP contribution in [0.15, 0.2) is 117 Å². The molecule has 5 rings (SSSR count). The van der Waals surface area contributed by atoms with Crippen molar-refractivity contribution in [2.24, 2.45) is 20.0 Å². The van der Waals surface area contributed by atoms with Crippen LogP contribution in [0.25, 0.3) is 0 Å². The van der Waals surface area contributed by atoms with Crippen molar-refractivity contribution in [3.8, 4) is 23.0 Å². The maximum atomic E-state index is 11.5. The molecule has 4 aromatic carbocycles. The van der Waals surface area contributed by atoms with Crippen LogP contribution in [0.2, 0.25) is 0 Å². The summed E-state index contributed by atoms with van der Waals surface area (Å²) >= 11 is 0. The normalized spacial score (nSPS) is 12.4. The van der Waals surface area contributed by atoms with E-state index < -0.39 is 0 Å². The maximum Gasteiger partial charge on any atom is 2.00 e. The SMILES string of the molecule is C1CCCCC1.[O-]c1ccccc1C=NCCCCCN=Cc1ccccc1[O-].[O-]c1ccccc1C=NCCCCCN=Cc1ccccc1[O-].[Pt+2].[Pt+2]. The topological polar surface area (TPSA) is 142 Å². The Morgan fingerprint density at radius 2 is 0.537 bits per heavy atom. The number of aliphatic imine (C=N–C) groups is 4. The fourth-order valence-electron chi connectivity index (χ4n) is 5.23. The molecule has 8 nitrogen and oxygen atoms in total. The third kappa shape index (κ3) is 21.7. The molecule has 0 aromatic heterocycles. The van der Waals surface area contributed by atoms with Crippen molar-refractivity contribution in [1.82, 2.24) is 0 Å². The summed E-state index contributed by atoms with van der Waals surface area (Å²) in [5, 5.41) is 45.9. The van der Waals surface area contributed by atoms with E-state index in [1.165, 1.54) is 38.5 Å². The number of unbranched alkanes of at least 4 members (excludes halogenated alkanes) is 4. The minimum Gasteiger partial charge on any atom is -0.872 e. The molecule has 0 saturated heterocycles. The van der Waals surface area contributed by atoms with Crippen LogP contribution in [0.4, 0.5) is 0 Å². The van der Waals surface area contributed by atoms with Gasteiger partial charge in [0.15, 0.2) is 0 Å². The number of para-hydroxylation sites is 4. The van der Waals surface area contributed by atoms with E-state index in [-0.39, 0.29) is 65.1 Å². The van der Waals surface area contributed by atoms with Crippen molar-refractivity contribution in [3.05, 3.63) is 119 Å². The molecule has 0 spiro atoms. The molecule has 0 heterocycles. The molecule has 54 heavy (non-hydrogen) atoms. The van der Waals surface area contributed by atoms with Gasteiger partial charge in [-0.2, -0.15) is 0 Å². The molecule has 1 aliphatic rings. The van der Waals surface area contributed by atoms with Gasteiger partial charge in [0.25, 0.3) is 0 Å². The Morgan fingerprint density at radius 3 is 0.741 bits per heavy atom. The summed E-state index contributed by atoms with van der Waals surface area (Å²) in [7, 11) is 0. The average molecular weight is 1090 g/mol. The Kier molecular flexibility index (Phi) is 28.1. The van der Waals surface area contributed by atoms with Crippen LogP contribution >= 0.6 is 0 Å². The summed E-state index contributed by atoms with van der Waals surface area (Å²) in [4.78, 5) is 17.1. The predicted molar refractivity (Wildman–Crippen MR) is 209 cm³/mol. The fourth-order valence-corrected chi connectivity index (χ4v) is 5.23. The summed E-state index contributed by atoms with van der Waals surface area (Å²) in [6.07, 6.45) is 21.5. The molecular formula is C44H52N4O4Pt2. The molecule has 292 valence electrons. The molecule has 0 N–H and O–H groups in total. The van der Waals surface area contributed by atoms with Crippen LogP contribution in [0.3, 0.4) is 0 Å². The molecule has 1 saturated carbocycles. The van der Waals surface area contributed by atoms with Crippen molar-refractivity contribution in [3.63, 3.8) is 0 Å². The van der Waals surface area contributed by atoms with Gasteiger partial charge in [0.1, 0.15) is 0 Å². The van der Waals surface area contributed by atoms with Crippen molar-refractivity contribution in [2.75, 3.05) is 26.2 Å². The monoisotopic (exact) mass is 1090 g/mol. The van der Waals surface area contributed by atoms with Gasteiger partial charge in [-0.15, -0.1) is 23.0 Å². The third-order valence-corrected chi connectivity index (χ3v) is 8.25. The van der Waals surface area contributed by atoms with Gasteiger partial charge in [-0.1, -0.05) is 136 Å². The zero-order valence-corrected chi connectivity index (χ0v) is 35.5. The van der Waals surface area contributed by atoms with Gasteiger partial charge >= 0.3 is 42.1 Å². The first-order valence-corrected chi connectivity index (χ1v) is 18.6. The summed E-state index contributed by atoms with van der Waals surface area (Å²) in [5.74, 6) is 0.0157. The maximum absolute atomic E-state index is 11.5. The van der Waals surface area contributed by atoms with E-state index in [0.29, 0.717) is 48.4 Å². The first kappa shape index (κ1) is 48.2. The molecule has 1 fully saturated rings. The second-order valence-electron chi connectivity index (χ2n) is 12.5. The van der Waals surface area contributed by atoms with Crippen LogP contribution in [0.5, 0.6) is 23.0 Å². The van der Waals surface area contributed by atoms with Crippen LogP contribution in [-0.4, -0.2) is 51.0 Å². The van der Waals surface area contributed by atoms with Gasteiger partial charge in [-0.3, -0.25) is 20.0 Å².